The summed E-state index contributed by atoms with van der Waals surface area (Å²) in [5, 5.41) is 0. The van der Waals surface area contributed by atoms with Crippen molar-refractivity contribution in [3.8, 4) is 0 Å². The summed E-state index contributed by atoms with van der Waals surface area (Å²) in [6, 6.07) is 0. The lowest BCUT2D eigenvalue weighted by Crippen LogP contribution is -2.62. The van der Waals surface area contributed by atoms with Gasteiger partial charge in [0, 0.05) is 35.3 Å². The van der Waals surface area contributed by atoms with Crippen LogP contribution in [0.25, 0.3) is 0 Å². The Morgan fingerprint density at radius 3 is 1.19 bits per heavy atom. The molecule has 0 aromatic carbocycles. The fourth-order valence-electron chi connectivity index (χ4n) is 0.858. The standard InChI is InChI=1S/C5H5Cl3N4O4/c6-10-2(14)5(1(9)13,3(15)11-7)4(16)12-8/h(H2,9,13)(H,10,14)(H,11,15)(H,12,16). The molecule has 0 saturated carbocycles. The number of nitrogens with one attached hydrogen (secondary N) is 3. The molecule has 0 heterocycles. The highest BCUT2D eigenvalue weighted by atomic mass is 35.5. The first-order valence-electron chi connectivity index (χ1n) is 3.42. The van der Waals surface area contributed by atoms with Crippen molar-refractivity contribution in [3.05, 3.63) is 0 Å². The number of hydrogen-bond acceptors (Lipinski definition) is 4. The zero-order chi connectivity index (χ0) is 12.9. The molecule has 0 aliphatic heterocycles. The van der Waals surface area contributed by atoms with Crippen LogP contribution in [0.1, 0.15) is 0 Å². The smallest absolute Gasteiger partial charge is 0.285 e. The highest BCUT2D eigenvalue weighted by molar-refractivity contribution is 6.45. The molecular weight excluding hydrogens is 286 g/mol. The lowest BCUT2D eigenvalue weighted by atomic mass is 9.84. The second-order valence-electron chi connectivity index (χ2n) is 2.39. The van der Waals surface area contributed by atoms with Gasteiger partial charge in [0.05, 0.1) is 0 Å². The zero-order valence-electron chi connectivity index (χ0n) is 7.34. The van der Waals surface area contributed by atoms with Gasteiger partial charge in [-0.1, -0.05) is 0 Å². The molecule has 0 atom stereocenters. The number of amides is 4. The molecule has 11 heteroatoms. The number of primary amides is 1. The molecule has 0 spiro atoms. The van der Waals surface area contributed by atoms with E-state index in [1.807, 2.05) is 0 Å². The van der Waals surface area contributed by atoms with Gasteiger partial charge in [-0.2, -0.15) is 0 Å². The van der Waals surface area contributed by atoms with Crippen LogP contribution >= 0.6 is 35.3 Å². The third-order valence-corrected chi connectivity index (χ3v) is 2.16. The molecule has 0 saturated heterocycles. The molecule has 0 aromatic heterocycles. The number of nitrogens with two attached hydrogens (primary N) is 1. The van der Waals surface area contributed by atoms with Crippen LogP contribution in [0.5, 0.6) is 0 Å². The minimum absolute atomic E-state index is 1.41. The van der Waals surface area contributed by atoms with E-state index in [1.165, 1.54) is 14.5 Å². The van der Waals surface area contributed by atoms with Crippen LogP contribution in [-0.4, -0.2) is 23.6 Å². The van der Waals surface area contributed by atoms with Crippen molar-refractivity contribution in [3.63, 3.8) is 0 Å². The van der Waals surface area contributed by atoms with E-state index in [1.54, 1.807) is 0 Å². The normalized spacial score (nSPS) is 10.2. The van der Waals surface area contributed by atoms with E-state index in [0.717, 1.165) is 0 Å². The Balaban J connectivity index is 5.78. The molecule has 0 aliphatic rings. The zero-order valence-corrected chi connectivity index (χ0v) is 9.61. The summed E-state index contributed by atoms with van der Waals surface area (Å²) < 4.78 is 0. The van der Waals surface area contributed by atoms with Gasteiger partial charge in [-0.3, -0.25) is 33.7 Å². The Hall–Kier alpha value is -1.25. The summed E-state index contributed by atoms with van der Waals surface area (Å²) in [7, 11) is 0. The molecule has 0 fully saturated rings. The first-order chi connectivity index (χ1) is 7.39. The highest BCUT2D eigenvalue weighted by Gasteiger charge is 2.58. The van der Waals surface area contributed by atoms with Crippen LogP contribution in [0, 0.1) is 5.41 Å². The first kappa shape index (κ1) is 14.8. The summed E-state index contributed by atoms with van der Waals surface area (Å²) >= 11 is 14.8. The number of hydrogen-bond donors (Lipinski definition) is 4. The Kier molecular flexibility index (Phi) is 5.28. The average molecular weight is 291 g/mol. The lowest BCUT2D eigenvalue weighted by molar-refractivity contribution is -0.155. The van der Waals surface area contributed by atoms with Crippen LogP contribution in [0.3, 0.4) is 0 Å². The van der Waals surface area contributed by atoms with E-state index in [4.69, 9.17) is 41.1 Å². The minimum atomic E-state index is -2.98. The Bertz CT molecular complexity index is 306. The average Bonchev–Trinajstić information content (AvgIpc) is 2.28. The molecular formula is C5H5Cl3N4O4. The summed E-state index contributed by atoms with van der Waals surface area (Å²) in [6.45, 7) is 0. The summed E-state index contributed by atoms with van der Waals surface area (Å²) in [5.74, 6) is -6.06. The van der Waals surface area contributed by atoms with Crippen LogP contribution < -0.4 is 20.2 Å². The Morgan fingerprint density at radius 2 is 1.06 bits per heavy atom. The van der Waals surface area contributed by atoms with E-state index in [9.17, 15) is 19.2 Å². The minimum Gasteiger partial charge on any atom is -0.368 e. The quantitative estimate of drug-likeness (QED) is 0.362. The van der Waals surface area contributed by atoms with Crippen LogP contribution in [0.4, 0.5) is 0 Å². The van der Waals surface area contributed by atoms with Gasteiger partial charge in [0.15, 0.2) is 0 Å². The first-order valence-corrected chi connectivity index (χ1v) is 4.56. The fourth-order valence-corrected chi connectivity index (χ4v) is 1.28. The molecule has 16 heavy (non-hydrogen) atoms. The molecule has 0 rings (SSSR count). The Morgan fingerprint density at radius 1 is 0.812 bits per heavy atom. The van der Waals surface area contributed by atoms with Gasteiger partial charge in [0.25, 0.3) is 29.0 Å². The SMILES string of the molecule is NC(=O)C(C(=O)NCl)(C(=O)NCl)C(=O)NCl. The molecule has 5 N–H and O–H groups in total. The van der Waals surface area contributed by atoms with Crippen molar-refractivity contribution in [1.82, 2.24) is 14.5 Å². The van der Waals surface area contributed by atoms with Gasteiger partial charge in [0.1, 0.15) is 0 Å². The summed E-state index contributed by atoms with van der Waals surface area (Å²) in [6.07, 6.45) is 0. The van der Waals surface area contributed by atoms with Gasteiger partial charge in [-0.25, -0.2) is 0 Å². The largest absolute Gasteiger partial charge is 0.368 e. The summed E-state index contributed by atoms with van der Waals surface area (Å²) in [5.41, 5.74) is 1.82. The number of carbonyl (C=O) groups is 4. The van der Waals surface area contributed by atoms with Gasteiger partial charge < -0.3 is 5.73 Å². The monoisotopic (exact) mass is 290 g/mol. The maximum absolute atomic E-state index is 11.3. The fraction of sp³-hybridized carbons (Fsp3) is 0.200. The molecule has 4 amide bonds. The maximum atomic E-state index is 11.3. The molecule has 0 bridgehead atoms. The van der Waals surface area contributed by atoms with Crippen molar-refractivity contribution in [2.75, 3.05) is 0 Å². The lowest BCUT2D eigenvalue weighted by Gasteiger charge is -2.22. The number of rotatable bonds is 4. The number of carbonyl (C=O) groups excluding carboxylic acids is 4. The van der Waals surface area contributed by atoms with E-state index in [0.29, 0.717) is 0 Å². The third kappa shape index (κ3) is 2.13. The van der Waals surface area contributed by atoms with Crippen molar-refractivity contribution < 1.29 is 19.2 Å². The number of halogens is 3. The predicted octanol–water partition coefficient (Wildman–Crippen LogP) is -1.73. The molecule has 0 unspecified atom stereocenters. The topological polar surface area (TPSA) is 130 Å². The second kappa shape index (κ2) is 5.73. The molecule has 0 aliphatic carbocycles. The molecule has 0 aromatic rings. The third-order valence-electron chi connectivity index (χ3n) is 1.65. The van der Waals surface area contributed by atoms with E-state index >= 15 is 0 Å². The second-order valence-corrected chi connectivity index (χ2v) is 2.95. The van der Waals surface area contributed by atoms with Crippen molar-refractivity contribution in [2.24, 2.45) is 11.1 Å². The van der Waals surface area contributed by atoms with Crippen molar-refractivity contribution in [1.29, 1.82) is 0 Å². The van der Waals surface area contributed by atoms with E-state index in [-0.39, 0.29) is 0 Å². The summed E-state index contributed by atoms with van der Waals surface area (Å²) in [4.78, 5) is 49.2. The predicted molar refractivity (Wildman–Crippen MR) is 53.6 cm³/mol. The van der Waals surface area contributed by atoms with Crippen LogP contribution in [0.2, 0.25) is 0 Å². The highest BCUT2D eigenvalue weighted by Crippen LogP contribution is 2.19. The van der Waals surface area contributed by atoms with E-state index in [2.05, 4.69) is 0 Å². The van der Waals surface area contributed by atoms with E-state index < -0.39 is 29.0 Å². The van der Waals surface area contributed by atoms with Crippen molar-refractivity contribution >= 4 is 59.0 Å². The molecule has 8 nitrogen and oxygen atoms in total. The van der Waals surface area contributed by atoms with Crippen LogP contribution in [0.15, 0.2) is 0 Å². The van der Waals surface area contributed by atoms with Crippen LogP contribution in [-0.2, 0) is 19.2 Å². The van der Waals surface area contributed by atoms with Gasteiger partial charge >= 0.3 is 0 Å². The Labute approximate surface area is 104 Å². The van der Waals surface area contributed by atoms with Gasteiger partial charge in [-0.15, -0.1) is 0 Å². The van der Waals surface area contributed by atoms with Gasteiger partial charge in [-0.05, 0) is 0 Å². The maximum Gasteiger partial charge on any atom is 0.285 e. The van der Waals surface area contributed by atoms with Gasteiger partial charge in [0.2, 0.25) is 0 Å². The van der Waals surface area contributed by atoms with Crippen molar-refractivity contribution in [2.45, 2.75) is 0 Å². The molecule has 90 valence electrons. The molecule has 0 radical (unpaired) electrons.